The molecule has 0 atom stereocenters. The Morgan fingerprint density at radius 2 is 1.42 bits per heavy atom. The van der Waals surface area contributed by atoms with Crippen LogP contribution in [0, 0.1) is 0 Å². The molecular weight excluding hydrogens is 254 g/mol. The van der Waals surface area contributed by atoms with Gasteiger partial charge >= 0.3 is 0 Å². The molecular formula is C16H15NOS. The van der Waals surface area contributed by atoms with Gasteiger partial charge in [0.1, 0.15) is 0 Å². The maximum atomic E-state index is 12.6. The van der Waals surface area contributed by atoms with Crippen molar-refractivity contribution in [2.75, 3.05) is 4.90 Å². The largest absolute Gasteiger partial charge is 0.315 e. The molecule has 2 nitrogen and oxygen atoms in total. The van der Waals surface area contributed by atoms with E-state index < -0.39 is 10.8 Å². The fourth-order valence-corrected chi connectivity index (χ4v) is 3.63. The normalized spacial score (nSPS) is 13.7. The van der Waals surface area contributed by atoms with Crippen molar-refractivity contribution in [2.45, 2.75) is 23.6 Å². The van der Waals surface area contributed by atoms with Gasteiger partial charge in [0.05, 0.1) is 32.0 Å². The van der Waals surface area contributed by atoms with Crippen LogP contribution in [0.1, 0.15) is 13.8 Å². The van der Waals surface area contributed by atoms with Crippen molar-refractivity contribution in [3.05, 3.63) is 60.3 Å². The monoisotopic (exact) mass is 269 g/mol. The van der Waals surface area contributed by atoms with Gasteiger partial charge in [-0.2, -0.15) is 0 Å². The Kier molecular flexibility index (Phi) is 2.99. The second kappa shape index (κ2) is 4.67. The van der Waals surface area contributed by atoms with E-state index in [1.54, 1.807) is 0 Å². The summed E-state index contributed by atoms with van der Waals surface area (Å²) in [6.07, 6.45) is 2.09. The van der Waals surface area contributed by atoms with Crippen LogP contribution in [0.4, 0.5) is 11.4 Å². The smallest absolute Gasteiger partial charge is 0.0892 e. The van der Waals surface area contributed by atoms with Crippen molar-refractivity contribution in [3.63, 3.8) is 0 Å². The predicted octanol–water partition coefficient (Wildman–Crippen LogP) is 4.23. The summed E-state index contributed by atoms with van der Waals surface area (Å²) in [5.74, 6) is 0. The van der Waals surface area contributed by atoms with Gasteiger partial charge in [0.2, 0.25) is 0 Å². The van der Waals surface area contributed by atoms with E-state index in [4.69, 9.17) is 0 Å². The molecule has 1 heterocycles. The van der Waals surface area contributed by atoms with Crippen LogP contribution >= 0.6 is 0 Å². The Hall–Kier alpha value is -1.87. The van der Waals surface area contributed by atoms with E-state index in [2.05, 4.69) is 24.9 Å². The fourth-order valence-electron chi connectivity index (χ4n) is 2.27. The molecule has 2 aromatic rings. The number of allylic oxidation sites excluding steroid dienone is 1. The third kappa shape index (κ3) is 2.00. The Balaban J connectivity index is 2.29. The van der Waals surface area contributed by atoms with E-state index in [9.17, 15) is 4.21 Å². The zero-order chi connectivity index (χ0) is 13.4. The molecule has 0 radical (unpaired) electrons. The van der Waals surface area contributed by atoms with Crippen molar-refractivity contribution >= 4 is 22.2 Å². The SMILES string of the molecule is CC(C)=CN1c2ccccc2S(=O)c2ccccc21. The lowest BCUT2D eigenvalue weighted by molar-refractivity contribution is 0.682. The van der Waals surface area contributed by atoms with E-state index in [0.717, 1.165) is 21.2 Å². The molecule has 0 unspecified atom stereocenters. The summed E-state index contributed by atoms with van der Waals surface area (Å²) in [4.78, 5) is 3.87. The third-order valence-corrected chi connectivity index (χ3v) is 4.53. The third-order valence-electron chi connectivity index (χ3n) is 3.04. The van der Waals surface area contributed by atoms with Crippen LogP contribution in [0.2, 0.25) is 0 Å². The number of hydrogen-bond donors (Lipinski definition) is 0. The van der Waals surface area contributed by atoms with Gasteiger partial charge in [-0.25, -0.2) is 4.21 Å². The van der Waals surface area contributed by atoms with Crippen LogP contribution in [0.5, 0.6) is 0 Å². The number of rotatable bonds is 1. The van der Waals surface area contributed by atoms with Gasteiger partial charge < -0.3 is 4.90 Å². The van der Waals surface area contributed by atoms with Gasteiger partial charge in [0.25, 0.3) is 0 Å². The molecule has 1 aliphatic rings. The topological polar surface area (TPSA) is 20.3 Å². The Morgan fingerprint density at radius 3 is 1.89 bits per heavy atom. The van der Waals surface area contributed by atoms with Gasteiger partial charge in [0, 0.05) is 6.20 Å². The summed E-state index contributed by atoms with van der Waals surface area (Å²) in [6.45, 7) is 4.13. The first kappa shape index (κ1) is 12.2. The van der Waals surface area contributed by atoms with E-state index >= 15 is 0 Å². The van der Waals surface area contributed by atoms with Gasteiger partial charge in [-0.05, 0) is 38.1 Å². The summed E-state index contributed by atoms with van der Waals surface area (Å²) in [7, 11) is -1.10. The molecule has 0 N–H and O–H groups in total. The highest BCUT2D eigenvalue weighted by Gasteiger charge is 2.26. The number of hydrogen-bond acceptors (Lipinski definition) is 2. The first-order valence-corrected chi connectivity index (χ1v) is 7.37. The van der Waals surface area contributed by atoms with Crippen LogP contribution in [0.3, 0.4) is 0 Å². The molecule has 0 bridgehead atoms. The van der Waals surface area contributed by atoms with Crippen LogP contribution in [-0.4, -0.2) is 4.21 Å². The van der Waals surface area contributed by atoms with E-state index in [0.29, 0.717) is 0 Å². The average Bonchev–Trinajstić information content (AvgIpc) is 2.43. The standard InChI is InChI=1S/C16H15NOS/c1-12(2)11-17-13-7-3-5-9-15(13)19(18)16-10-6-4-8-14(16)17/h3-11H,1-2H3. The van der Waals surface area contributed by atoms with E-state index in [1.165, 1.54) is 5.57 Å². The minimum Gasteiger partial charge on any atom is -0.315 e. The van der Waals surface area contributed by atoms with Crippen molar-refractivity contribution in [1.82, 2.24) is 0 Å². The summed E-state index contributed by atoms with van der Waals surface area (Å²) in [6, 6.07) is 15.7. The van der Waals surface area contributed by atoms with E-state index in [1.807, 2.05) is 48.5 Å². The molecule has 3 heteroatoms. The van der Waals surface area contributed by atoms with Gasteiger partial charge in [-0.1, -0.05) is 29.8 Å². The summed E-state index contributed by atoms with van der Waals surface area (Å²) < 4.78 is 12.6. The molecule has 96 valence electrons. The number of benzene rings is 2. The van der Waals surface area contributed by atoms with Gasteiger partial charge in [0.15, 0.2) is 0 Å². The highest BCUT2D eigenvalue weighted by molar-refractivity contribution is 7.85. The maximum Gasteiger partial charge on any atom is 0.0892 e. The molecule has 1 aliphatic heterocycles. The fraction of sp³-hybridized carbons (Fsp3) is 0.125. The second-order valence-corrected chi connectivity index (χ2v) is 6.20. The Bertz CT molecular complexity index is 637. The number of fused-ring (bicyclic) bond motifs is 2. The van der Waals surface area contributed by atoms with Gasteiger partial charge in [-0.3, -0.25) is 0 Å². The maximum absolute atomic E-state index is 12.6. The second-order valence-electron chi connectivity index (χ2n) is 4.78. The molecule has 0 spiro atoms. The van der Waals surface area contributed by atoms with Crippen LogP contribution in [-0.2, 0) is 10.8 Å². The van der Waals surface area contributed by atoms with Crippen LogP contribution < -0.4 is 4.90 Å². The van der Waals surface area contributed by atoms with Crippen LogP contribution in [0.15, 0.2) is 70.1 Å². The molecule has 0 amide bonds. The Morgan fingerprint density at radius 1 is 0.947 bits per heavy atom. The lowest BCUT2D eigenvalue weighted by Crippen LogP contribution is -2.18. The first-order chi connectivity index (χ1) is 9.18. The van der Waals surface area contributed by atoms with Crippen LogP contribution in [0.25, 0.3) is 0 Å². The average molecular weight is 269 g/mol. The van der Waals surface area contributed by atoms with Crippen molar-refractivity contribution < 1.29 is 4.21 Å². The minimum absolute atomic E-state index is 0.874. The minimum atomic E-state index is -1.10. The highest BCUT2D eigenvalue weighted by Crippen LogP contribution is 2.42. The van der Waals surface area contributed by atoms with Crippen molar-refractivity contribution in [3.8, 4) is 0 Å². The lowest BCUT2D eigenvalue weighted by Gasteiger charge is -2.30. The number of nitrogens with zero attached hydrogens (tertiary/aromatic N) is 1. The summed E-state index contributed by atoms with van der Waals surface area (Å²) in [5, 5.41) is 0. The zero-order valence-corrected chi connectivity index (χ0v) is 11.8. The quantitative estimate of drug-likeness (QED) is 0.772. The Labute approximate surface area is 115 Å². The number of anilines is 2. The lowest BCUT2D eigenvalue weighted by atomic mass is 10.2. The summed E-state index contributed by atoms with van der Waals surface area (Å²) in [5.41, 5.74) is 3.21. The molecule has 2 aromatic carbocycles. The van der Waals surface area contributed by atoms with Crippen molar-refractivity contribution in [2.24, 2.45) is 0 Å². The molecule has 0 aromatic heterocycles. The van der Waals surface area contributed by atoms with Gasteiger partial charge in [-0.15, -0.1) is 0 Å². The van der Waals surface area contributed by atoms with E-state index in [-0.39, 0.29) is 0 Å². The summed E-state index contributed by atoms with van der Waals surface area (Å²) >= 11 is 0. The first-order valence-electron chi connectivity index (χ1n) is 6.22. The van der Waals surface area contributed by atoms with Crippen molar-refractivity contribution in [1.29, 1.82) is 0 Å². The molecule has 0 saturated carbocycles. The molecule has 3 rings (SSSR count). The molecule has 0 fully saturated rings. The zero-order valence-electron chi connectivity index (χ0n) is 11.0. The molecule has 0 saturated heterocycles. The molecule has 0 aliphatic carbocycles. The highest BCUT2D eigenvalue weighted by atomic mass is 32.2. The predicted molar refractivity (Wildman–Crippen MR) is 79.1 cm³/mol. The molecule has 19 heavy (non-hydrogen) atoms. The number of para-hydroxylation sites is 2.